The molecule has 9 nitrogen and oxygen atoms in total. The lowest BCUT2D eigenvalue weighted by atomic mass is 10.1. The molecule has 0 bridgehead atoms. The van der Waals surface area contributed by atoms with Crippen molar-refractivity contribution in [1.29, 1.82) is 0 Å². The molecule has 0 amide bonds. The summed E-state index contributed by atoms with van der Waals surface area (Å²) >= 11 is 0. The SMILES string of the molecule is COC(=O)c1ccc(Nc2cc(F)cc(F)c2F)c([N+](=O)[O-])c1OS(=O)(=O)C(F)(F)F. The van der Waals surface area contributed by atoms with Crippen molar-refractivity contribution in [2.45, 2.75) is 5.51 Å². The molecule has 0 unspecified atom stereocenters. The second-order valence-electron chi connectivity index (χ2n) is 5.44. The number of carbonyl (C=O) groups excluding carboxylic acids is 1. The highest BCUT2D eigenvalue weighted by Gasteiger charge is 2.50. The van der Waals surface area contributed by atoms with Crippen LogP contribution in [0.1, 0.15) is 10.4 Å². The number of ether oxygens (including phenoxy) is 1. The number of hydrogen-bond acceptors (Lipinski definition) is 8. The van der Waals surface area contributed by atoms with Crippen LogP contribution in [0.15, 0.2) is 24.3 Å². The average molecular weight is 474 g/mol. The van der Waals surface area contributed by atoms with Gasteiger partial charge in [0, 0.05) is 12.1 Å². The molecule has 2 aromatic carbocycles. The Morgan fingerprint density at radius 2 is 1.74 bits per heavy atom. The van der Waals surface area contributed by atoms with Crippen LogP contribution in [0.4, 0.5) is 43.4 Å². The number of nitrogens with one attached hydrogen (secondary N) is 1. The van der Waals surface area contributed by atoms with Crippen molar-refractivity contribution in [3.05, 3.63) is 57.4 Å². The smallest absolute Gasteiger partial charge is 0.465 e. The molecule has 1 N–H and O–H groups in total. The van der Waals surface area contributed by atoms with Gasteiger partial charge in [0.15, 0.2) is 11.6 Å². The maximum Gasteiger partial charge on any atom is 0.534 e. The molecule has 2 aromatic rings. The third-order valence-electron chi connectivity index (χ3n) is 3.46. The number of benzene rings is 2. The first kappa shape index (κ1) is 23.7. The zero-order chi connectivity index (χ0) is 23.7. The van der Waals surface area contributed by atoms with Gasteiger partial charge in [-0.2, -0.15) is 21.6 Å². The number of nitro benzene ring substituents is 1. The van der Waals surface area contributed by atoms with E-state index in [2.05, 4.69) is 8.92 Å². The van der Waals surface area contributed by atoms with Crippen LogP contribution in [0.25, 0.3) is 0 Å². The minimum atomic E-state index is -6.52. The summed E-state index contributed by atoms with van der Waals surface area (Å²) < 4.78 is 109. The summed E-state index contributed by atoms with van der Waals surface area (Å²) in [6, 6.07) is 1.67. The summed E-state index contributed by atoms with van der Waals surface area (Å²) in [5, 5.41) is 13.3. The van der Waals surface area contributed by atoms with Crippen LogP contribution in [0.3, 0.4) is 0 Å². The zero-order valence-corrected chi connectivity index (χ0v) is 15.6. The molecule has 31 heavy (non-hydrogen) atoms. The monoisotopic (exact) mass is 474 g/mol. The molecule has 0 saturated heterocycles. The van der Waals surface area contributed by atoms with Gasteiger partial charge in [0.2, 0.25) is 5.75 Å². The molecule has 0 atom stereocenters. The molecule has 0 radical (unpaired) electrons. The minimum Gasteiger partial charge on any atom is -0.465 e. The first-order valence-corrected chi connectivity index (χ1v) is 8.92. The van der Waals surface area contributed by atoms with E-state index in [1.807, 2.05) is 5.32 Å². The Morgan fingerprint density at radius 1 is 1.13 bits per heavy atom. The molecule has 168 valence electrons. The van der Waals surface area contributed by atoms with Gasteiger partial charge < -0.3 is 14.2 Å². The van der Waals surface area contributed by atoms with E-state index < -0.39 is 72.3 Å². The molecular weight excluding hydrogens is 466 g/mol. The Morgan fingerprint density at radius 3 is 2.26 bits per heavy atom. The highest BCUT2D eigenvalue weighted by molar-refractivity contribution is 7.88. The highest BCUT2D eigenvalue weighted by Crippen LogP contribution is 2.42. The Bertz CT molecular complexity index is 1170. The number of hydrogen-bond donors (Lipinski definition) is 1. The lowest BCUT2D eigenvalue weighted by Crippen LogP contribution is -2.29. The number of halogens is 6. The fourth-order valence-electron chi connectivity index (χ4n) is 2.16. The second-order valence-corrected chi connectivity index (χ2v) is 6.98. The molecule has 0 aliphatic rings. The molecule has 2 rings (SSSR count). The van der Waals surface area contributed by atoms with Gasteiger partial charge in [-0.15, -0.1) is 0 Å². The Kier molecular flexibility index (Phi) is 6.34. The quantitative estimate of drug-likeness (QED) is 0.128. The van der Waals surface area contributed by atoms with Crippen molar-refractivity contribution in [2.75, 3.05) is 12.4 Å². The lowest BCUT2D eigenvalue weighted by molar-refractivity contribution is -0.384. The van der Waals surface area contributed by atoms with Crippen molar-refractivity contribution in [1.82, 2.24) is 0 Å². The van der Waals surface area contributed by atoms with Crippen LogP contribution in [0.2, 0.25) is 0 Å². The third-order valence-corrected chi connectivity index (χ3v) is 4.41. The van der Waals surface area contributed by atoms with Crippen molar-refractivity contribution in [3.63, 3.8) is 0 Å². The molecule has 0 aromatic heterocycles. The Balaban J connectivity index is 2.78. The summed E-state index contributed by atoms with van der Waals surface area (Å²) in [6.07, 6.45) is 0. The van der Waals surface area contributed by atoms with E-state index in [9.17, 15) is 49.7 Å². The molecule has 0 aliphatic heterocycles. The maximum atomic E-state index is 13.9. The van der Waals surface area contributed by atoms with Crippen molar-refractivity contribution in [2.24, 2.45) is 0 Å². The number of carbonyl (C=O) groups is 1. The van der Waals surface area contributed by atoms with Crippen molar-refractivity contribution < 1.29 is 53.4 Å². The number of alkyl halides is 3. The number of rotatable bonds is 6. The fourth-order valence-corrected chi connectivity index (χ4v) is 2.64. The Hall–Kier alpha value is -3.56. The summed E-state index contributed by atoms with van der Waals surface area (Å²) in [5.74, 6) is -8.02. The van der Waals surface area contributed by atoms with Gasteiger partial charge >= 0.3 is 27.3 Å². The van der Waals surface area contributed by atoms with Gasteiger partial charge in [0.05, 0.1) is 17.7 Å². The Labute approximate surface area is 168 Å². The van der Waals surface area contributed by atoms with Crippen LogP contribution in [-0.2, 0) is 14.9 Å². The number of nitro groups is 1. The fraction of sp³-hybridized carbons (Fsp3) is 0.133. The van der Waals surface area contributed by atoms with Gasteiger partial charge in [-0.1, -0.05) is 0 Å². The van der Waals surface area contributed by atoms with E-state index in [0.29, 0.717) is 18.2 Å². The number of methoxy groups -OCH3 is 1. The lowest BCUT2D eigenvalue weighted by Gasteiger charge is -2.15. The first-order valence-electron chi connectivity index (χ1n) is 7.51. The van der Waals surface area contributed by atoms with Crippen molar-refractivity contribution >= 4 is 33.1 Å². The number of esters is 1. The largest absolute Gasteiger partial charge is 0.534 e. The predicted octanol–water partition coefficient (Wildman–Crippen LogP) is 3.77. The minimum absolute atomic E-state index is 0.139. The topological polar surface area (TPSA) is 125 Å². The standard InChI is InChI=1S/C15H8F6N2O7S/c1-29-14(24)7-2-3-9(22-10-5-6(16)4-8(17)11(10)18)12(23(25)26)13(7)30-31(27,28)15(19,20)21/h2-5,22H,1H3. The van der Waals surface area contributed by atoms with E-state index in [1.165, 1.54) is 0 Å². The van der Waals surface area contributed by atoms with E-state index >= 15 is 0 Å². The summed E-state index contributed by atoms with van der Waals surface area (Å²) in [4.78, 5) is 21.8. The van der Waals surface area contributed by atoms with E-state index in [4.69, 9.17) is 0 Å². The molecule has 0 heterocycles. The van der Waals surface area contributed by atoms with Gasteiger partial charge in [0.1, 0.15) is 17.1 Å². The summed E-state index contributed by atoms with van der Waals surface area (Å²) in [5.41, 5.74) is -10.8. The van der Waals surface area contributed by atoms with E-state index in [0.717, 1.165) is 7.11 Å². The first-order chi connectivity index (χ1) is 14.2. The molecule has 0 saturated carbocycles. The van der Waals surface area contributed by atoms with Gasteiger partial charge in [0.25, 0.3) is 0 Å². The predicted molar refractivity (Wildman–Crippen MR) is 89.6 cm³/mol. The highest BCUT2D eigenvalue weighted by atomic mass is 32.2. The van der Waals surface area contributed by atoms with E-state index in [1.54, 1.807) is 0 Å². The van der Waals surface area contributed by atoms with Crippen LogP contribution < -0.4 is 9.50 Å². The molecular formula is C15H8F6N2O7S. The zero-order valence-electron chi connectivity index (χ0n) is 14.8. The second kappa shape index (κ2) is 8.29. The summed E-state index contributed by atoms with van der Waals surface area (Å²) in [7, 11) is -5.79. The van der Waals surface area contributed by atoms with Crippen LogP contribution >= 0.6 is 0 Å². The van der Waals surface area contributed by atoms with Crippen LogP contribution in [0.5, 0.6) is 5.75 Å². The normalized spacial score (nSPS) is 11.7. The van der Waals surface area contributed by atoms with Gasteiger partial charge in [-0.3, -0.25) is 10.1 Å². The molecule has 0 spiro atoms. The molecule has 16 heteroatoms. The van der Waals surface area contributed by atoms with Crippen molar-refractivity contribution in [3.8, 4) is 5.75 Å². The number of nitrogens with zero attached hydrogens (tertiary/aromatic N) is 1. The molecule has 0 fully saturated rings. The third kappa shape index (κ3) is 4.79. The van der Waals surface area contributed by atoms with Gasteiger partial charge in [-0.05, 0) is 12.1 Å². The summed E-state index contributed by atoms with van der Waals surface area (Å²) in [6.45, 7) is 0. The van der Waals surface area contributed by atoms with Crippen LogP contribution in [0, 0.1) is 27.6 Å². The number of anilines is 2. The van der Waals surface area contributed by atoms with E-state index in [-0.39, 0.29) is 6.07 Å². The molecule has 0 aliphatic carbocycles. The van der Waals surface area contributed by atoms with Crippen LogP contribution in [-0.4, -0.2) is 31.9 Å². The van der Waals surface area contributed by atoms with Gasteiger partial charge in [-0.25, -0.2) is 18.0 Å². The average Bonchev–Trinajstić information content (AvgIpc) is 2.63. The maximum absolute atomic E-state index is 13.9.